The molecule has 1 fully saturated rings. The number of carboxylic acids is 1. The zero-order chi connectivity index (χ0) is 51.7. The Morgan fingerprint density at radius 3 is 1.97 bits per heavy atom. The first kappa shape index (κ1) is 52.9. The summed E-state index contributed by atoms with van der Waals surface area (Å²) in [5.74, 6) is -3.55. The van der Waals surface area contributed by atoms with E-state index in [2.05, 4.69) is 10.6 Å². The second kappa shape index (κ2) is 23.1. The van der Waals surface area contributed by atoms with Gasteiger partial charge in [-0.3, -0.25) is 18.9 Å². The molecule has 0 saturated carbocycles. The largest absolute Gasteiger partial charge is 0.490 e. The number of hydrogen-bond acceptors (Lipinski definition) is 16. The lowest BCUT2D eigenvalue weighted by atomic mass is 10.0. The highest BCUT2D eigenvalue weighted by Crippen LogP contribution is 2.39. The molecule has 0 aliphatic carbocycles. The van der Waals surface area contributed by atoms with Crippen molar-refractivity contribution < 1.29 is 79.7 Å². The summed E-state index contributed by atoms with van der Waals surface area (Å²) in [4.78, 5) is 83.8. The Hall–Kier alpha value is -6.95. The molecule has 1 saturated heterocycles. The summed E-state index contributed by atoms with van der Waals surface area (Å²) >= 11 is 0. The highest BCUT2D eigenvalue weighted by Gasteiger charge is 2.37. The van der Waals surface area contributed by atoms with Crippen molar-refractivity contribution in [1.29, 1.82) is 0 Å². The van der Waals surface area contributed by atoms with E-state index in [9.17, 15) is 57.0 Å². The minimum Gasteiger partial charge on any atom is -0.490 e. The number of rotatable bonds is 22. The van der Waals surface area contributed by atoms with Crippen molar-refractivity contribution in [3.05, 3.63) is 141 Å². The van der Waals surface area contributed by atoms with Crippen LogP contribution in [-0.2, 0) is 35.0 Å². The maximum Gasteiger partial charge on any atom is 0.469 e. The number of phosphoric acid groups is 1. The Bertz CT molecular complexity index is 3190. The second-order valence-electron chi connectivity index (χ2n) is 16.9. The fraction of sp³-hybridized carbons (Fsp3) is 0.312. The third-order valence-corrected chi connectivity index (χ3v) is 13.3. The molecule has 0 radical (unpaired) electrons. The van der Waals surface area contributed by atoms with Crippen LogP contribution in [0.5, 0.6) is 11.5 Å². The number of fused-ring (bicyclic) bond motifs is 2. The SMILES string of the molecule is CC(C)CN(C[C@@H](OP(=O)(O)O)[C@H](Cc1ccccc1)NC(=O)O[C@H]1CCOC1)S(=O)(=O)c1ccc(NC(=O)c2cc(=O)c3c(OCC(O)COc4cccc5oc(C(=O)O)cc(=O)c45)cccc3o2)cc1. The number of aliphatic hydroxyl groups is 1. The van der Waals surface area contributed by atoms with Crippen LogP contribution in [0.4, 0.5) is 10.5 Å². The Labute approximate surface area is 410 Å². The quantitative estimate of drug-likeness (QED) is 0.0492. The van der Waals surface area contributed by atoms with E-state index < -0.39 is 95.7 Å². The summed E-state index contributed by atoms with van der Waals surface area (Å²) in [5, 5.41) is 25.0. The van der Waals surface area contributed by atoms with Gasteiger partial charge in [0, 0.05) is 37.3 Å². The van der Waals surface area contributed by atoms with Crippen LogP contribution in [0.3, 0.4) is 0 Å². The number of sulfonamides is 1. The molecule has 6 N–H and O–H groups in total. The van der Waals surface area contributed by atoms with Crippen LogP contribution in [0.25, 0.3) is 21.9 Å². The molecule has 1 unspecified atom stereocenters. The number of nitrogens with zero attached hydrogens (tertiary/aromatic N) is 1. The Balaban J connectivity index is 1.03. The summed E-state index contributed by atoms with van der Waals surface area (Å²) in [5.41, 5.74) is -0.697. The molecule has 4 aromatic carbocycles. The molecule has 2 aromatic heterocycles. The van der Waals surface area contributed by atoms with Crippen molar-refractivity contribution in [2.24, 2.45) is 5.92 Å². The number of aromatic carboxylic acids is 1. The first-order chi connectivity index (χ1) is 34.2. The van der Waals surface area contributed by atoms with Crippen molar-refractivity contribution in [1.82, 2.24) is 9.62 Å². The second-order valence-corrected chi connectivity index (χ2v) is 20.1. The summed E-state index contributed by atoms with van der Waals surface area (Å²) in [6.45, 7) is 2.47. The topological polar surface area (TPSA) is 317 Å². The molecule has 2 amide bonds. The monoisotopic (exact) mass is 1040 g/mol. The van der Waals surface area contributed by atoms with Crippen LogP contribution in [0.1, 0.15) is 46.9 Å². The molecule has 0 spiro atoms. The summed E-state index contributed by atoms with van der Waals surface area (Å²) in [7, 11) is -9.77. The maximum atomic E-state index is 14.4. The minimum absolute atomic E-state index is 0.00234. The van der Waals surface area contributed by atoms with Crippen LogP contribution in [0, 0.1) is 5.92 Å². The van der Waals surface area contributed by atoms with Crippen LogP contribution in [0.2, 0.25) is 0 Å². The molecule has 1 aliphatic heterocycles. The van der Waals surface area contributed by atoms with Crippen LogP contribution < -0.4 is 31.0 Å². The lowest BCUT2D eigenvalue weighted by Crippen LogP contribution is -2.52. The first-order valence-electron chi connectivity index (χ1n) is 22.3. The minimum atomic E-state index is -5.30. The molecule has 24 heteroatoms. The van der Waals surface area contributed by atoms with Gasteiger partial charge in [0.1, 0.15) is 65.0 Å². The normalized spacial score (nSPS) is 15.3. The van der Waals surface area contributed by atoms with Gasteiger partial charge in [-0.2, -0.15) is 4.31 Å². The number of carbonyl (C=O) groups is 3. The average molecular weight is 1040 g/mol. The van der Waals surface area contributed by atoms with Gasteiger partial charge < -0.3 is 58.4 Å². The highest BCUT2D eigenvalue weighted by atomic mass is 32.2. The van der Waals surface area contributed by atoms with E-state index in [-0.39, 0.29) is 76.1 Å². The number of alkyl carbamates (subject to hydrolysis) is 1. The van der Waals surface area contributed by atoms with Crippen molar-refractivity contribution in [2.75, 3.05) is 44.8 Å². The number of benzene rings is 4. The van der Waals surface area contributed by atoms with Gasteiger partial charge in [0.25, 0.3) is 5.91 Å². The number of anilines is 1. The van der Waals surface area contributed by atoms with Crippen LogP contribution >= 0.6 is 7.82 Å². The maximum absolute atomic E-state index is 14.4. The van der Waals surface area contributed by atoms with Gasteiger partial charge in [0.15, 0.2) is 16.6 Å². The smallest absolute Gasteiger partial charge is 0.469 e. The van der Waals surface area contributed by atoms with E-state index in [1.54, 1.807) is 44.2 Å². The lowest BCUT2D eigenvalue weighted by Gasteiger charge is -2.33. The summed E-state index contributed by atoms with van der Waals surface area (Å²) in [6, 6.07) is 22.8. The van der Waals surface area contributed by atoms with E-state index in [1.165, 1.54) is 60.7 Å². The molecule has 72 heavy (non-hydrogen) atoms. The molecule has 382 valence electrons. The van der Waals surface area contributed by atoms with E-state index in [1.807, 2.05) is 0 Å². The number of carboxylic acid groups (broad SMARTS) is 1. The third kappa shape index (κ3) is 13.7. The van der Waals surface area contributed by atoms with Gasteiger partial charge in [0.05, 0.1) is 24.2 Å². The molecule has 4 atom stereocenters. The molecule has 7 rings (SSSR count). The number of carbonyl (C=O) groups excluding carboxylic acids is 2. The molecule has 1 aliphatic rings. The van der Waals surface area contributed by atoms with Crippen molar-refractivity contribution in [3.8, 4) is 11.5 Å². The fourth-order valence-electron chi connectivity index (χ4n) is 7.66. The molecular weight excluding hydrogens is 986 g/mol. The van der Waals surface area contributed by atoms with Crippen LogP contribution in [0.15, 0.2) is 126 Å². The first-order valence-corrected chi connectivity index (χ1v) is 25.3. The average Bonchev–Trinajstić information content (AvgIpc) is 3.84. The zero-order valence-electron chi connectivity index (χ0n) is 38.6. The Kier molecular flexibility index (Phi) is 16.9. The van der Waals surface area contributed by atoms with Crippen LogP contribution in [-0.4, -0.2) is 115 Å². The van der Waals surface area contributed by atoms with Gasteiger partial charge in [-0.1, -0.05) is 56.3 Å². The van der Waals surface area contributed by atoms with E-state index in [0.717, 1.165) is 16.4 Å². The van der Waals surface area contributed by atoms with Gasteiger partial charge >= 0.3 is 19.9 Å². The van der Waals surface area contributed by atoms with Gasteiger partial charge in [-0.25, -0.2) is 22.6 Å². The number of nitrogens with one attached hydrogen (secondary N) is 2. The number of phosphoric ester groups is 1. The lowest BCUT2D eigenvalue weighted by molar-refractivity contribution is 0.0601. The molecular formula is C48H50N3O19PS. The molecule has 6 aromatic rings. The summed E-state index contributed by atoms with van der Waals surface area (Å²) in [6.07, 6.45) is -3.97. The van der Waals surface area contributed by atoms with Gasteiger partial charge in [-0.05, 0) is 66.4 Å². The van der Waals surface area contributed by atoms with E-state index >= 15 is 0 Å². The standard InChI is InChI=1S/C48H50N3O19PS/c1-28(2)23-51(24-43(70-71(59,60)61)34(20-29-8-4-3-5-9-29)50-48(58)67-32-18-19-64-27-32)72(62,63)33-16-14-30(15-17-33)49-46(55)41-21-35(53)44-37(10-6-12-39(44)68-41)65-25-31(52)26-66-38-11-7-13-40-45(38)36(54)22-42(69-40)47(56)57/h3-17,21-22,28,31-32,34,43,52H,18-20,23-27H2,1-2H3,(H,49,55)(H,50,58)(H,56,57)(H2,59,60,61)/t31?,32-,34-,43+/m0/s1. The van der Waals surface area contributed by atoms with Crippen molar-refractivity contribution in [3.63, 3.8) is 0 Å². The third-order valence-electron chi connectivity index (χ3n) is 10.9. The van der Waals surface area contributed by atoms with Gasteiger partial charge in [0.2, 0.25) is 15.8 Å². The van der Waals surface area contributed by atoms with Crippen molar-refractivity contribution >= 4 is 63.4 Å². The predicted octanol–water partition coefficient (Wildman–Crippen LogP) is 4.92. The van der Waals surface area contributed by atoms with E-state index in [0.29, 0.717) is 18.6 Å². The summed E-state index contributed by atoms with van der Waals surface area (Å²) < 4.78 is 80.5. The predicted molar refractivity (Wildman–Crippen MR) is 257 cm³/mol. The van der Waals surface area contributed by atoms with Gasteiger partial charge in [-0.15, -0.1) is 0 Å². The van der Waals surface area contributed by atoms with Crippen molar-refractivity contribution in [2.45, 2.75) is 55.9 Å². The molecule has 22 nitrogen and oxygen atoms in total. The number of hydrogen-bond donors (Lipinski definition) is 6. The Morgan fingerprint density at radius 2 is 1.42 bits per heavy atom. The van der Waals surface area contributed by atoms with E-state index in [4.69, 9.17) is 32.3 Å². The number of aliphatic hydroxyl groups excluding tert-OH is 1. The number of amides is 2. The Morgan fingerprint density at radius 1 is 0.819 bits per heavy atom. The fourth-order valence-corrected chi connectivity index (χ4v) is 9.84. The highest BCUT2D eigenvalue weighted by molar-refractivity contribution is 7.89. The number of ether oxygens (including phenoxy) is 4. The zero-order valence-corrected chi connectivity index (χ0v) is 40.3. The molecule has 0 bridgehead atoms. The molecule has 3 heterocycles.